The first-order valence-electron chi connectivity index (χ1n) is 6.75. The Morgan fingerprint density at radius 3 is 2.33 bits per heavy atom. The Hall–Kier alpha value is -2.43. The van der Waals surface area contributed by atoms with Crippen molar-refractivity contribution in [3.05, 3.63) is 70.0 Å². The van der Waals surface area contributed by atoms with Crippen molar-refractivity contribution < 1.29 is 9.31 Å². The van der Waals surface area contributed by atoms with Crippen LogP contribution in [0.2, 0.25) is 0 Å². The van der Waals surface area contributed by atoms with Gasteiger partial charge in [-0.3, -0.25) is 10.1 Å². The number of nitrogens with one attached hydrogen (secondary N) is 1. The number of halogens is 1. The van der Waals surface area contributed by atoms with E-state index < -0.39 is 10.7 Å². The van der Waals surface area contributed by atoms with E-state index in [2.05, 4.69) is 5.32 Å². The summed E-state index contributed by atoms with van der Waals surface area (Å²) in [5.41, 5.74) is 0.645. The van der Waals surface area contributed by atoms with Crippen molar-refractivity contribution in [1.29, 1.82) is 0 Å². The summed E-state index contributed by atoms with van der Waals surface area (Å²) in [6.07, 6.45) is 0. The summed E-state index contributed by atoms with van der Waals surface area (Å²) < 4.78 is 14.0. The zero-order valence-electron chi connectivity index (χ0n) is 11.9. The van der Waals surface area contributed by atoms with Gasteiger partial charge in [-0.05, 0) is 17.5 Å². The van der Waals surface area contributed by atoms with Gasteiger partial charge in [-0.25, -0.2) is 4.39 Å². The minimum absolute atomic E-state index is 0.0648. The normalized spacial score (nSPS) is 12.2. The Bertz CT molecular complexity index is 629. The predicted octanol–water partition coefficient (Wildman–Crippen LogP) is 4.54. The molecule has 2 aromatic carbocycles. The van der Waals surface area contributed by atoms with E-state index in [4.69, 9.17) is 0 Å². The molecule has 0 amide bonds. The molecule has 0 aliphatic rings. The topological polar surface area (TPSA) is 55.2 Å². The van der Waals surface area contributed by atoms with Crippen molar-refractivity contribution in [3.63, 3.8) is 0 Å². The van der Waals surface area contributed by atoms with Gasteiger partial charge in [0.2, 0.25) is 0 Å². The average molecular weight is 288 g/mol. The summed E-state index contributed by atoms with van der Waals surface area (Å²) in [5.74, 6) is -0.475. The molecule has 2 rings (SSSR count). The van der Waals surface area contributed by atoms with Gasteiger partial charge in [-0.2, -0.15) is 0 Å². The first-order valence-corrected chi connectivity index (χ1v) is 6.75. The van der Waals surface area contributed by atoms with Crippen LogP contribution >= 0.6 is 0 Å². The second kappa shape index (κ2) is 6.35. The summed E-state index contributed by atoms with van der Waals surface area (Å²) in [4.78, 5) is 10.5. The van der Waals surface area contributed by atoms with Gasteiger partial charge >= 0.3 is 0 Å². The first-order chi connectivity index (χ1) is 10.0. The van der Waals surface area contributed by atoms with E-state index in [1.807, 2.05) is 44.2 Å². The van der Waals surface area contributed by atoms with Gasteiger partial charge < -0.3 is 5.32 Å². The molecule has 0 saturated heterocycles. The third kappa shape index (κ3) is 3.37. The molecule has 0 aromatic heterocycles. The number of rotatable bonds is 5. The van der Waals surface area contributed by atoms with Crippen LogP contribution in [0.15, 0.2) is 48.5 Å². The van der Waals surface area contributed by atoms with Crippen LogP contribution < -0.4 is 5.32 Å². The van der Waals surface area contributed by atoms with E-state index >= 15 is 0 Å². The molecule has 2 aromatic rings. The maximum atomic E-state index is 14.0. The minimum Gasteiger partial charge on any atom is -0.370 e. The van der Waals surface area contributed by atoms with Crippen LogP contribution in [0.1, 0.15) is 25.5 Å². The minimum atomic E-state index is -0.620. The highest BCUT2D eigenvalue weighted by Crippen LogP contribution is 2.33. The summed E-state index contributed by atoms with van der Waals surface area (Å²) in [5, 5.41) is 14.1. The Kier molecular flexibility index (Phi) is 4.52. The van der Waals surface area contributed by atoms with Crippen molar-refractivity contribution >= 4 is 11.4 Å². The van der Waals surface area contributed by atoms with Gasteiger partial charge in [-0.1, -0.05) is 50.2 Å². The van der Waals surface area contributed by atoms with Crippen LogP contribution in [0.5, 0.6) is 0 Å². The van der Waals surface area contributed by atoms with E-state index in [0.717, 1.165) is 5.56 Å². The van der Waals surface area contributed by atoms with E-state index in [9.17, 15) is 14.5 Å². The molecule has 1 unspecified atom stereocenters. The monoisotopic (exact) mass is 288 g/mol. The summed E-state index contributed by atoms with van der Waals surface area (Å²) in [6.45, 7) is 3.97. The van der Waals surface area contributed by atoms with Crippen LogP contribution in [0, 0.1) is 21.8 Å². The van der Waals surface area contributed by atoms with Crippen LogP contribution in [-0.4, -0.2) is 4.92 Å². The first kappa shape index (κ1) is 15.0. The highest BCUT2D eigenvalue weighted by Gasteiger charge is 2.23. The standard InChI is InChI=1S/C16H17FN2O2/c1-11(2)15(12-7-4-3-5-8-12)18-16-13(17)9-6-10-14(16)19(20)21/h3-11,15,18H,1-2H3. The maximum Gasteiger partial charge on any atom is 0.295 e. The number of benzene rings is 2. The fraction of sp³-hybridized carbons (Fsp3) is 0.250. The average Bonchev–Trinajstić information content (AvgIpc) is 2.46. The zero-order valence-corrected chi connectivity index (χ0v) is 11.9. The zero-order chi connectivity index (χ0) is 15.4. The molecule has 0 aliphatic carbocycles. The maximum absolute atomic E-state index is 14.0. The third-order valence-electron chi connectivity index (χ3n) is 3.31. The molecule has 5 heteroatoms. The highest BCUT2D eigenvalue weighted by atomic mass is 19.1. The molecule has 0 heterocycles. The summed E-state index contributed by atoms with van der Waals surface area (Å²) >= 11 is 0. The van der Waals surface area contributed by atoms with Gasteiger partial charge in [0.15, 0.2) is 5.82 Å². The molecule has 110 valence electrons. The van der Waals surface area contributed by atoms with Crippen LogP contribution in [-0.2, 0) is 0 Å². The lowest BCUT2D eigenvalue weighted by Gasteiger charge is -2.24. The molecule has 0 radical (unpaired) electrons. The number of hydrogen-bond donors (Lipinski definition) is 1. The number of nitro benzene ring substituents is 1. The Labute approximate surface area is 122 Å². The van der Waals surface area contributed by atoms with Crippen LogP contribution in [0.3, 0.4) is 0 Å². The second-order valence-electron chi connectivity index (χ2n) is 5.17. The summed E-state index contributed by atoms with van der Waals surface area (Å²) in [7, 11) is 0. The lowest BCUT2D eigenvalue weighted by Crippen LogP contribution is -2.18. The molecule has 0 aliphatic heterocycles. The third-order valence-corrected chi connectivity index (χ3v) is 3.31. The van der Waals surface area contributed by atoms with Gasteiger partial charge in [-0.15, -0.1) is 0 Å². The molecular weight excluding hydrogens is 271 g/mol. The summed E-state index contributed by atoms with van der Waals surface area (Å²) in [6, 6.07) is 13.2. The Balaban J connectivity index is 2.41. The fourth-order valence-electron chi connectivity index (χ4n) is 2.26. The number of hydrogen-bond acceptors (Lipinski definition) is 3. The quantitative estimate of drug-likeness (QED) is 0.649. The van der Waals surface area contributed by atoms with E-state index in [1.54, 1.807) is 0 Å². The van der Waals surface area contributed by atoms with Crippen molar-refractivity contribution in [1.82, 2.24) is 0 Å². The van der Waals surface area contributed by atoms with E-state index in [-0.39, 0.29) is 23.3 Å². The molecule has 0 spiro atoms. The van der Waals surface area contributed by atoms with Crippen molar-refractivity contribution in [3.8, 4) is 0 Å². The van der Waals surface area contributed by atoms with Gasteiger partial charge in [0.05, 0.1) is 11.0 Å². The molecule has 4 nitrogen and oxygen atoms in total. The number of nitro groups is 1. The van der Waals surface area contributed by atoms with Crippen molar-refractivity contribution in [2.75, 3.05) is 5.32 Å². The fourth-order valence-corrected chi connectivity index (χ4v) is 2.26. The molecule has 1 N–H and O–H groups in total. The molecule has 1 atom stereocenters. The van der Waals surface area contributed by atoms with E-state index in [0.29, 0.717) is 0 Å². The van der Waals surface area contributed by atoms with Crippen LogP contribution in [0.25, 0.3) is 0 Å². The predicted molar refractivity (Wildman–Crippen MR) is 80.7 cm³/mol. The smallest absolute Gasteiger partial charge is 0.295 e. The second-order valence-corrected chi connectivity index (χ2v) is 5.17. The SMILES string of the molecule is CC(C)C(Nc1c(F)cccc1[N+](=O)[O-])c1ccccc1. The largest absolute Gasteiger partial charge is 0.370 e. The Morgan fingerprint density at radius 2 is 1.76 bits per heavy atom. The number of anilines is 1. The van der Waals surface area contributed by atoms with Gasteiger partial charge in [0.25, 0.3) is 5.69 Å². The van der Waals surface area contributed by atoms with Crippen molar-refractivity contribution in [2.45, 2.75) is 19.9 Å². The number of para-hydroxylation sites is 1. The highest BCUT2D eigenvalue weighted by molar-refractivity contribution is 5.63. The molecule has 0 fully saturated rings. The Morgan fingerprint density at radius 1 is 1.10 bits per heavy atom. The van der Waals surface area contributed by atoms with Gasteiger partial charge in [0, 0.05) is 6.07 Å². The van der Waals surface area contributed by atoms with Crippen molar-refractivity contribution in [2.24, 2.45) is 5.92 Å². The van der Waals surface area contributed by atoms with E-state index in [1.165, 1.54) is 18.2 Å². The lowest BCUT2D eigenvalue weighted by molar-refractivity contribution is -0.384. The van der Waals surface area contributed by atoms with Crippen LogP contribution in [0.4, 0.5) is 15.8 Å². The molecule has 21 heavy (non-hydrogen) atoms. The lowest BCUT2D eigenvalue weighted by atomic mass is 9.95. The molecule has 0 saturated carbocycles. The molecular formula is C16H17FN2O2. The number of nitrogens with zero attached hydrogens (tertiary/aromatic N) is 1. The van der Waals surface area contributed by atoms with Gasteiger partial charge in [0.1, 0.15) is 5.69 Å². The molecule has 0 bridgehead atoms.